The molecule has 4 N–H and O–H groups in total. The Balaban J connectivity index is 0.955. The van der Waals surface area contributed by atoms with Crippen LogP contribution in [0.25, 0.3) is 11.1 Å². The molecule has 4 aromatic carbocycles. The highest BCUT2D eigenvalue weighted by Gasteiger charge is 2.51. The molecule has 4 aromatic rings. The quantitative estimate of drug-likeness (QED) is 0.114. The Hall–Kier alpha value is -4.15. The van der Waals surface area contributed by atoms with Crippen molar-refractivity contribution in [1.82, 2.24) is 10.6 Å². The van der Waals surface area contributed by atoms with E-state index in [4.69, 9.17) is 9.47 Å². The molecule has 0 spiro atoms. The minimum atomic E-state index is -0.573. The van der Waals surface area contributed by atoms with Crippen molar-refractivity contribution < 1.29 is 24.2 Å². The van der Waals surface area contributed by atoms with Crippen LogP contribution in [0, 0.1) is 23.7 Å². The van der Waals surface area contributed by atoms with E-state index in [9.17, 15) is 14.7 Å². The van der Waals surface area contributed by atoms with E-state index >= 15 is 0 Å². The first kappa shape index (κ1) is 36.8. The number of amides is 3. The molecule has 1 heterocycles. The molecule has 4 aliphatic carbocycles. The largest absolute Gasteiger partial charge is 0.392 e. The third kappa shape index (κ3) is 8.25. The minimum absolute atomic E-state index is 0.00629. The number of anilines is 1. The van der Waals surface area contributed by atoms with Gasteiger partial charge in [0.15, 0.2) is 6.29 Å². The molecular weight excluding hydrogens is 695 g/mol. The topological polar surface area (TPSA) is 109 Å². The van der Waals surface area contributed by atoms with E-state index in [1.807, 2.05) is 60.7 Å². The number of ether oxygens (including phenoxy) is 2. The lowest BCUT2D eigenvalue weighted by molar-refractivity contribution is -0.268. The average Bonchev–Trinajstić information content (AvgIpc) is 3.16. The van der Waals surface area contributed by atoms with Crippen molar-refractivity contribution in [1.29, 1.82) is 0 Å². The van der Waals surface area contributed by atoms with Crippen LogP contribution in [0.5, 0.6) is 0 Å². The van der Waals surface area contributed by atoms with Gasteiger partial charge < -0.3 is 30.5 Å². The molecule has 1 saturated heterocycles. The second-order valence-electron chi connectivity index (χ2n) is 16.1. The van der Waals surface area contributed by atoms with Crippen molar-refractivity contribution in [2.45, 2.75) is 94.5 Å². The number of nitrogens with one attached hydrogen (secondary N) is 3. The molecule has 9 rings (SSSR count). The number of carbonyl (C=O) groups excluding carboxylic acids is 2. The van der Waals surface area contributed by atoms with Crippen molar-refractivity contribution in [2.24, 2.45) is 23.7 Å². The number of urea groups is 1. The van der Waals surface area contributed by atoms with E-state index in [2.05, 4.69) is 59.3 Å². The van der Waals surface area contributed by atoms with Crippen molar-refractivity contribution in [3.63, 3.8) is 0 Å². The molecule has 4 bridgehead atoms. The molecule has 5 fully saturated rings. The fourth-order valence-corrected chi connectivity index (χ4v) is 10.9. The van der Waals surface area contributed by atoms with Crippen molar-refractivity contribution in [3.05, 3.63) is 119 Å². The van der Waals surface area contributed by atoms with Crippen LogP contribution in [-0.4, -0.2) is 34.4 Å². The Morgan fingerprint density at radius 1 is 0.815 bits per heavy atom. The Morgan fingerprint density at radius 2 is 1.46 bits per heavy atom. The fraction of sp³-hybridized carbons (Fsp3) is 0.422. The fourth-order valence-electron chi connectivity index (χ4n) is 9.83. The van der Waals surface area contributed by atoms with Gasteiger partial charge in [-0.25, -0.2) is 4.79 Å². The third-order valence-electron chi connectivity index (χ3n) is 12.1. The summed E-state index contributed by atoms with van der Waals surface area (Å²) in [5.41, 5.74) is 6.81. The molecule has 54 heavy (non-hydrogen) atoms. The zero-order valence-corrected chi connectivity index (χ0v) is 31.9. The van der Waals surface area contributed by atoms with E-state index in [1.165, 1.54) is 26.2 Å². The summed E-state index contributed by atoms with van der Waals surface area (Å²) in [6.07, 6.45) is 6.56. The zero-order chi connectivity index (χ0) is 37.2. The van der Waals surface area contributed by atoms with Gasteiger partial charge in [-0.1, -0.05) is 79.7 Å². The number of hydrogen-bond donors (Lipinski definition) is 4. The molecule has 0 radical (unpaired) electrons. The molecule has 1 aliphatic heterocycles. The summed E-state index contributed by atoms with van der Waals surface area (Å²) in [6, 6.07) is 32.4. The standard InChI is InChI=1S/C45H51N3O5S/c1-28-41(27-54-39-17-15-38(16-18-39)47-29(2)50)52-43(53-42(28)35-9-7-30(26-49)8-10-35)36-13-11-34(12-14-36)40-6-4-3-5-37(40)25-46-44(51)48-45-22-31-19-32(23-45)21-33(20-31)24-45/h3-18,28,31-33,41-43,49H,19-27H2,1-2H3,(H,47,50)(H2,46,48,51). The summed E-state index contributed by atoms with van der Waals surface area (Å²) in [4.78, 5) is 25.8. The van der Waals surface area contributed by atoms with Gasteiger partial charge in [0.05, 0.1) is 18.8 Å². The lowest BCUT2D eigenvalue weighted by Crippen LogP contribution is -2.61. The predicted molar refractivity (Wildman–Crippen MR) is 213 cm³/mol. The van der Waals surface area contributed by atoms with Crippen LogP contribution < -0.4 is 16.0 Å². The molecular formula is C45H51N3O5S. The van der Waals surface area contributed by atoms with Crippen LogP contribution in [0.1, 0.15) is 87.0 Å². The van der Waals surface area contributed by atoms with Crippen LogP contribution in [0.3, 0.4) is 0 Å². The number of carbonyl (C=O) groups is 2. The second kappa shape index (κ2) is 15.9. The Kier molecular flexibility index (Phi) is 10.8. The normalized spacial score (nSPS) is 28.4. The average molecular weight is 746 g/mol. The van der Waals surface area contributed by atoms with E-state index in [0.29, 0.717) is 6.54 Å². The molecule has 4 unspecified atom stereocenters. The van der Waals surface area contributed by atoms with Gasteiger partial charge >= 0.3 is 6.03 Å². The molecule has 4 atom stereocenters. The molecule has 5 aliphatic rings. The first-order valence-electron chi connectivity index (χ1n) is 19.5. The summed E-state index contributed by atoms with van der Waals surface area (Å²) in [5.74, 6) is 3.03. The maximum Gasteiger partial charge on any atom is 0.315 e. The van der Waals surface area contributed by atoms with Gasteiger partial charge in [0.2, 0.25) is 5.91 Å². The third-order valence-corrected chi connectivity index (χ3v) is 13.2. The second-order valence-corrected chi connectivity index (χ2v) is 17.2. The lowest BCUT2D eigenvalue weighted by Gasteiger charge is -2.56. The van der Waals surface area contributed by atoms with Crippen LogP contribution in [-0.2, 0) is 27.4 Å². The van der Waals surface area contributed by atoms with Gasteiger partial charge in [0, 0.05) is 46.8 Å². The van der Waals surface area contributed by atoms with Crippen LogP contribution in [0.2, 0.25) is 0 Å². The predicted octanol–water partition coefficient (Wildman–Crippen LogP) is 9.16. The van der Waals surface area contributed by atoms with Crippen molar-refractivity contribution in [2.75, 3.05) is 11.1 Å². The summed E-state index contributed by atoms with van der Waals surface area (Å²) >= 11 is 1.72. The number of aliphatic hydroxyl groups excluding tert-OH is 1. The Labute approximate surface area is 322 Å². The Morgan fingerprint density at radius 3 is 2.11 bits per heavy atom. The molecule has 282 valence electrons. The summed E-state index contributed by atoms with van der Waals surface area (Å²) in [7, 11) is 0. The molecule has 3 amide bonds. The van der Waals surface area contributed by atoms with Gasteiger partial charge in [-0.05, 0) is 108 Å². The summed E-state index contributed by atoms with van der Waals surface area (Å²) in [6.45, 7) is 4.12. The van der Waals surface area contributed by atoms with Crippen LogP contribution in [0.4, 0.5) is 10.5 Å². The maximum absolute atomic E-state index is 13.3. The number of rotatable bonds is 11. The van der Waals surface area contributed by atoms with E-state index < -0.39 is 6.29 Å². The molecule has 4 saturated carbocycles. The number of benzene rings is 4. The number of aliphatic hydroxyl groups is 1. The SMILES string of the molecule is CC(=O)Nc1ccc(SCC2OC(c3ccc(-c4ccccc4CNC(=O)NC45CC6CC(CC(C6)C4)C5)cc3)OC(c3ccc(CO)cc3)C2C)cc1. The van der Waals surface area contributed by atoms with Gasteiger partial charge in [0.1, 0.15) is 0 Å². The van der Waals surface area contributed by atoms with Gasteiger partial charge in [-0.3, -0.25) is 4.79 Å². The van der Waals surface area contributed by atoms with E-state index in [1.54, 1.807) is 11.8 Å². The first-order chi connectivity index (χ1) is 26.2. The van der Waals surface area contributed by atoms with Crippen molar-refractivity contribution >= 4 is 29.4 Å². The molecule has 9 heteroatoms. The smallest absolute Gasteiger partial charge is 0.315 e. The highest BCUT2D eigenvalue weighted by Crippen LogP contribution is 2.55. The minimum Gasteiger partial charge on any atom is -0.392 e. The van der Waals surface area contributed by atoms with E-state index in [0.717, 1.165) is 86.7 Å². The lowest BCUT2D eigenvalue weighted by atomic mass is 9.53. The molecule has 8 nitrogen and oxygen atoms in total. The van der Waals surface area contributed by atoms with Gasteiger partial charge in [0.25, 0.3) is 0 Å². The monoisotopic (exact) mass is 745 g/mol. The maximum atomic E-state index is 13.3. The zero-order valence-electron chi connectivity index (χ0n) is 31.1. The highest BCUT2D eigenvalue weighted by atomic mass is 32.2. The number of hydrogen-bond acceptors (Lipinski definition) is 6. The van der Waals surface area contributed by atoms with Gasteiger partial charge in [-0.15, -0.1) is 11.8 Å². The summed E-state index contributed by atoms with van der Waals surface area (Å²) in [5, 5.41) is 19.1. The van der Waals surface area contributed by atoms with Crippen molar-refractivity contribution in [3.8, 4) is 11.1 Å². The molecule has 0 aromatic heterocycles. The number of thioether (sulfide) groups is 1. The van der Waals surface area contributed by atoms with Crippen LogP contribution in [0.15, 0.2) is 102 Å². The van der Waals surface area contributed by atoms with Crippen LogP contribution >= 0.6 is 11.8 Å². The Bertz CT molecular complexity index is 1900. The van der Waals surface area contributed by atoms with E-state index in [-0.39, 0.29) is 42.2 Å². The highest BCUT2D eigenvalue weighted by molar-refractivity contribution is 7.99. The van der Waals surface area contributed by atoms with Gasteiger partial charge in [-0.2, -0.15) is 0 Å². The summed E-state index contributed by atoms with van der Waals surface area (Å²) < 4.78 is 13.4. The first-order valence-corrected chi connectivity index (χ1v) is 20.5.